The van der Waals surface area contributed by atoms with Gasteiger partial charge in [-0.2, -0.15) is 0 Å². The first-order chi connectivity index (χ1) is 7.25. The summed E-state index contributed by atoms with van der Waals surface area (Å²) in [6.07, 6.45) is 3.13. The second-order valence-corrected chi connectivity index (χ2v) is 3.04. The lowest BCUT2D eigenvalue weighted by Gasteiger charge is -2.05. The van der Waals surface area contributed by atoms with Gasteiger partial charge in [0.25, 0.3) is 0 Å². The third kappa shape index (κ3) is 2.22. The van der Waals surface area contributed by atoms with E-state index in [1.165, 1.54) is 0 Å². The molecule has 2 rings (SSSR count). The van der Waals surface area contributed by atoms with Crippen molar-refractivity contribution >= 4 is 0 Å². The maximum absolute atomic E-state index is 9.46. The Hall–Kier alpha value is -2.10. The number of hydrogen-bond acceptors (Lipinski definition) is 4. The van der Waals surface area contributed by atoms with Crippen molar-refractivity contribution in [2.45, 2.75) is 6.92 Å². The molecular formula is C11H10N2O2. The second kappa shape index (κ2) is 3.96. The van der Waals surface area contributed by atoms with Crippen LogP contribution in [-0.4, -0.2) is 15.1 Å². The summed E-state index contributed by atoms with van der Waals surface area (Å²) in [6.45, 7) is 1.80. The summed E-state index contributed by atoms with van der Waals surface area (Å²) in [5.41, 5.74) is 0. The van der Waals surface area contributed by atoms with E-state index < -0.39 is 0 Å². The van der Waals surface area contributed by atoms with Crippen LogP contribution in [0, 0.1) is 6.92 Å². The topological polar surface area (TPSA) is 55.2 Å². The zero-order valence-electron chi connectivity index (χ0n) is 8.21. The van der Waals surface area contributed by atoms with E-state index in [9.17, 15) is 5.11 Å². The van der Waals surface area contributed by atoms with Gasteiger partial charge in [0.1, 0.15) is 5.82 Å². The SMILES string of the molecule is Cc1ncc(Oc2ccccc2O)cn1. The normalized spacial score (nSPS) is 9.93. The molecule has 0 spiro atoms. The summed E-state index contributed by atoms with van der Waals surface area (Å²) in [5, 5.41) is 9.46. The zero-order valence-corrected chi connectivity index (χ0v) is 8.21. The van der Waals surface area contributed by atoms with Gasteiger partial charge in [-0.3, -0.25) is 0 Å². The number of aromatic hydroxyl groups is 1. The highest BCUT2D eigenvalue weighted by Crippen LogP contribution is 2.28. The minimum absolute atomic E-state index is 0.0954. The van der Waals surface area contributed by atoms with E-state index in [0.717, 1.165) is 0 Å². The lowest BCUT2D eigenvalue weighted by atomic mass is 10.3. The number of para-hydroxylation sites is 2. The molecule has 0 unspecified atom stereocenters. The number of aryl methyl sites for hydroxylation is 1. The van der Waals surface area contributed by atoms with Crippen molar-refractivity contribution in [2.75, 3.05) is 0 Å². The number of ether oxygens (including phenoxy) is 1. The smallest absolute Gasteiger partial charge is 0.169 e. The average molecular weight is 202 g/mol. The van der Waals surface area contributed by atoms with Crippen LogP contribution in [0.1, 0.15) is 5.82 Å². The molecule has 15 heavy (non-hydrogen) atoms. The van der Waals surface area contributed by atoms with Crippen molar-refractivity contribution in [1.29, 1.82) is 0 Å². The Bertz CT molecular complexity index is 454. The Balaban J connectivity index is 2.22. The van der Waals surface area contributed by atoms with Crippen molar-refractivity contribution in [3.8, 4) is 17.2 Å². The molecule has 0 atom stereocenters. The van der Waals surface area contributed by atoms with E-state index in [-0.39, 0.29) is 5.75 Å². The van der Waals surface area contributed by atoms with Crippen molar-refractivity contribution in [3.63, 3.8) is 0 Å². The summed E-state index contributed by atoms with van der Waals surface area (Å²) in [7, 11) is 0. The molecule has 0 aliphatic rings. The fraction of sp³-hybridized carbons (Fsp3) is 0.0909. The Kier molecular flexibility index (Phi) is 2.49. The molecule has 0 saturated heterocycles. The van der Waals surface area contributed by atoms with Crippen molar-refractivity contribution in [1.82, 2.24) is 9.97 Å². The molecule has 4 heteroatoms. The molecule has 0 radical (unpaired) electrons. The van der Waals surface area contributed by atoms with Gasteiger partial charge in [-0.15, -0.1) is 0 Å². The van der Waals surface area contributed by atoms with E-state index in [0.29, 0.717) is 17.3 Å². The highest BCUT2D eigenvalue weighted by Gasteiger charge is 2.02. The molecule has 0 aliphatic carbocycles. The number of nitrogens with zero attached hydrogens (tertiary/aromatic N) is 2. The fourth-order valence-corrected chi connectivity index (χ4v) is 1.10. The van der Waals surface area contributed by atoms with Crippen LogP contribution in [0.5, 0.6) is 17.2 Å². The Morgan fingerprint density at radius 2 is 1.80 bits per heavy atom. The molecule has 0 fully saturated rings. The standard InChI is InChI=1S/C11H10N2O2/c1-8-12-6-9(7-13-8)15-11-5-3-2-4-10(11)14/h2-7,14H,1H3. The highest BCUT2D eigenvalue weighted by molar-refractivity contribution is 5.40. The van der Waals surface area contributed by atoms with Crippen LogP contribution < -0.4 is 4.74 Å². The summed E-state index contributed by atoms with van der Waals surface area (Å²) >= 11 is 0. The van der Waals surface area contributed by atoms with Crippen molar-refractivity contribution < 1.29 is 9.84 Å². The van der Waals surface area contributed by atoms with Crippen LogP contribution in [0.4, 0.5) is 0 Å². The zero-order chi connectivity index (χ0) is 10.7. The first-order valence-electron chi connectivity index (χ1n) is 4.50. The van der Waals surface area contributed by atoms with Crippen LogP contribution >= 0.6 is 0 Å². The van der Waals surface area contributed by atoms with E-state index in [4.69, 9.17) is 4.74 Å². The number of hydrogen-bond donors (Lipinski definition) is 1. The van der Waals surface area contributed by atoms with Gasteiger partial charge in [-0.25, -0.2) is 9.97 Å². The predicted octanol–water partition coefficient (Wildman–Crippen LogP) is 2.28. The maximum atomic E-state index is 9.46. The number of phenols is 1. The molecule has 1 N–H and O–H groups in total. The van der Waals surface area contributed by atoms with Crippen LogP contribution in [0.2, 0.25) is 0 Å². The monoisotopic (exact) mass is 202 g/mol. The molecule has 0 saturated carbocycles. The van der Waals surface area contributed by atoms with Crippen LogP contribution in [0.25, 0.3) is 0 Å². The second-order valence-electron chi connectivity index (χ2n) is 3.04. The summed E-state index contributed by atoms with van der Waals surface area (Å²) in [6, 6.07) is 6.75. The van der Waals surface area contributed by atoms with E-state index in [2.05, 4.69) is 9.97 Å². The summed E-state index contributed by atoms with van der Waals surface area (Å²) in [4.78, 5) is 7.97. The highest BCUT2D eigenvalue weighted by atomic mass is 16.5. The maximum Gasteiger partial charge on any atom is 0.169 e. The molecule has 1 aromatic carbocycles. The van der Waals surface area contributed by atoms with Gasteiger partial charge in [-0.05, 0) is 19.1 Å². The van der Waals surface area contributed by atoms with E-state index in [1.807, 2.05) is 0 Å². The Morgan fingerprint density at radius 3 is 2.47 bits per heavy atom. The largest absolute Gasteiger partial charge is 0.504 e. The number of rotatable bonds is 2. The predicted molar refractivity (Wildman–Crippen MR) is 54.9 cm³/mol. The molecule has 0 amide bonds. The Morgan fingerprint density at radius 1 is 1.13 bits per heavy atom. The molecule has 4 nitrogen and oxygen atoms in total. The molecule has 76 valence electrons. The quantitative estimate of drug-likeness (QED) is 0.811. The number of phenolic OH excluding ortho intramolecular Hbond substituents is 1. The molecule has 1 heterocycles. The lowest BCUT2D eigenvalue weighted by Crippen LogP contribution is -1.89. The van der Waals surface area contributed by atoms with E-state index in [1.54, 1.807) is 43.6 Å². The van der Waals surface area contributed by atoms with Crippen molar-refractivity contribution in [2.24, 2.45) is 0 Å². The van der Waals surface area contributed by atoms with E-state index >= 15 is 0 Å². The van der Waals surface area contributed by atoms with Gasteiger partial charge in [-0.1, -0.05) is 12.1 Å². The van der Waals surface area contributed by atoms with Gasteiger partial charge < -0.3 is 9.84 Å². The summed E-state index contributed by atoms with van der Waals surface area (Å²) in [5.74, 6) is 1.67. The minimum Gasteiger partial charge on any atom is -0.504 e. The van der Waals surface area contributed by atoms with Crippen molar-refractivity contribution in [3.05, 3.63) is 42.5 Å². The molecule has 0 bridgehead atoms. The fourth-order valence-electron chi connectivity index (χ4n) is 1.10. The number of benzene rings is 1. The van der Waals surface area contributed by atoms with Crippen LogP contribution in [0.3, 0.4) is 0 Å². The number of aromatic nitrogens is 2. The van der Waals surface area contributed by atoms with Gasteiger partial charge in [0.15, 0.2) is 17.2 Å². The van der Waals surface area contributed by atoms with Gasteiger partial charge in [0.2, 0.25) is 0 Å². The third-order valence-electron chi connectivity index (χ3n) is 1.85. The Labute approximate surface area is 87.2 Å². The molecule has 0 aliphatic heterocycles. The lowest BCUT2D eigenvalue weighted by molar-refractivity contribution is 0.409. The summed E-state index contributed by atoms with van der Waals surface area (Å²) < 4.78 is 5.39. The molecular weight excluding hydrogens is 192 g/mol. The van der Waals surface area contributed by atoms with Gasteiger partial charge in [0.05, 0.1) is 12.4 Å². The minimum atomic E-state index is 0.0954. The first-order valence-corrected chi connectivity index (χ1v) is 4.50. The molecule has 2 aromatic rings. The molecule has 1 aromatic heterocycles. The van der Waals surface area contributed by atoms with Gasteiger partial charge in [0, 0.05) is 0 Å². The third-order valence-corrected chi connectivity index (χ3v) is 1.85. The van der Waals surface area contributed by atoms with Gasteiger partial charge >= 0.3 is 0 Å². The first kappa shape index (κ1) is 9.45. The van der Waals surface area contributed by atoms with Crippen LogP contribution in [-0.2, 0) is 0 Å². The average Bonchev–Trinajstić information content (AvgIpc) is 2.25. The van der Waals surface area contributed by atoms with Crippen LogP contribution in [0.15, 0.2) is 36.7 Å².